The normalized spacial score (nSPS) is 18.2. The Morgan fingerprint density at radius 2 is 2.23 bits per heavy atom. The Morgan fingerprint density at radius 3 is 2.91 bits per heavy atom. The third kappa shape index (κ3) is 4.73. The number of nitrogens with one attached hydrogen (secondary N) is 2. The number of pyridine rings is 1. The number of nitrogens with zero attached hydrogens (tertiary/aromatic N) is 1. The molecule has 8 heteroatoms. The number of carboxylic acids is 1. The van der Waals surface area contributed by atoms with Gasteiger partial charge >= 0.3 is 5.97 Å². The Bertz CT molecular complexity index is 562. The van der Waals surface area contributed by atoms with Gasteiger partial charge in [0.15, 0.2) is 0 Å². The van der Waals surface area contributed by atoms with Crippen LogP contribution >= 0.6 is 11.8 Å². The molecule has 2 heterocycles. The molecular weight excluding hydrogens is 306 g/mol. The lowest BCUT2D eigenvalue weighted by atomic mass is 10.1. The van der Waals surface area contributed by atoms with Gasteiger partial charge in [-0.3, -0.25) is 14.4 Å². The van der Waals surface area contributed by atoms with Gasteiger partial charge in [0.2, 0.25) is 5.91 Å². The first kappa shape index (κ1) is 16.3. The number of amides is 2. The van der Waals surface area contributed by atoms with Gasteiger partial charge in [0.1, 0.15) is 6.04 Å². The summed E-state index contributed by atoms with van der Waals surface area (Å²) >= 11 is 1.08. The molecule has 2 rings (SSSR count). The summed E-state index contributed by atoms with van der Waals surface area (Å²) < 4.78 is 0. The molecule has 118 valence electrons. The van der Waals surface area contributed by atoms with Gasteiger partial charge in [-0.1, -0.05) is 11.8 Å². The number of rotatable bonds is 5. The van der Waals surface area contributed by atoms with E-state index in [4.69, 9.17) is 5.11 Å². The SMILES string of the molecule is O=C(O)CSc1ccc(C(=O)NC2CCCCNC2=O)cn1. The number of carbonyl (C=O) groups is 3. The molecule has 0 aliphatic carbocycles. The number of aliphatic carboxylic acids is 1. The Hall–Kier alpha value is -2.09. The van der Waals surface area contributed by atoms with Gasteiger partial charge in [0.25, 0.3) is 5.91 Å². The highest BCUT2D eigenvalue weighted by atomic mass is 32.2. The van der Waals surface area contributed by atoms with Crippen molar-refractivity contribution in [2.24, 2.45) is 0 Å². The zero-order valence-electron chi connectivity index (χ0n) is 11.9. The molecule has 1 aliphatic rings. The van der Waals surface area contributed by atoms with E-state index in [2.05, 4.69) is 15.6 Å². The van der Waals surface area contributed by atoms with Crippen molar-refractivity contribution < 1.29 is 19.5 Å². The van der Waals surface area contributed by atoms with Crippen molar-refractivity contribution >= 4 is 29.5 Å². The van der Waals surface area contributed by atoms with Crippen molar-refractivity contribution in [1.29, 1.82) is 0 Å². The number of carbonyl (C=O) groups excluding carboxylic acids is 2. The highest BCUT2D eigenvalue weighted by Gasteiger charge is 2.22. The van der Waals surface area contributed by atoms with Crippen molar-refractivity contribution in [2.45, 2.75) is 30.3 Å². The summed E-state index contributed by atoms with van der Waals surface area (Å²) in [6.07, 6.45) is 3.80. The van der Waals surface area contributed by atoms with Gasteiger partial charge < -0.3 is 15.7 Å². The van der Waals surface area contributed by atoms with E-state index in [1.54, 1.807) is 12.1 Å². The summed E-state index contributed by atoms with van der Waals surface area (Å²) in [5.74, 6) is -1.52. The van der Waals surface area contributed by atoms with E-state index in [9.17, 15) is 14.4 Å². The van der Waals surface area contributed by atoms with E-state index in [1.165, 1.54) is 6.20 Å². The summed E-state index contributed by atoms with van der Waals surface area (Å²) in [6, 6.07) is 2.65. The van der Waals surface area contributed by atoms with E-state index in [0.717, 1.165) is 24.6 Å². The zero-order valence-corrected chi connectivity index (χ0v) is 12.7. The van der Waals surface area contributed by atoms with Crippen LogP contribution in [0.3, 0.4) is 0 Å². The van der Waals surface area contributed by atoms with E-state index in [-0.39, 0.29) is 17.6 Å². The van der Waals surface area contributed by atoms with Gasteiger partial charge in [0, 0.05) is 12.7 Å². The van der Waals surface area contributed by atoms with E-state index in [0.29, 0.717) is 23.6 Å². The average Bonchev–Trinajstić information content (AvgIpc) is 2.70. The summed E-state index contributed by atoms with van der Waals surface area (Å²) in [7, 11) is 0. The summed E-state index contributed by atoms with van der Waals surface area (Å²) in [6.45, 7) is 0.641. The predicted octanol–water partition coefficient (Wildman–Crippen LogP) is 0.657. The molecule has 1 fully saturated rings. The number of hydrogen-bond donors (Lipinski definition) is 3. The van der Waals surface area contributed by atoms with Crippen molar-refractivity contribution in [1.82, 2.24) is 15.6 Å². The maximum atomic E-state index is 12.1. The summed E-state index contributed by atoms with van der Waals surface area (Å²) in [4.78, 5) is 38.4. The topological polar surface area (TPSA) is 108 Å². The fraction of sp³-hybridized carbons (Fsp3) is 0.429. The second-order valence-corrected chi connectivity index (χ2v) is 5.88. The first-order chi connectivity index (χ1) is 10.6. The second-order valence-electron chi connectivity index (χ2n) is 4.88. The Kier molecular flexibility index (Phi) is 5.76. The van der Waals surface area contributed by atoms with Crippen LogP contribution in [0.5, 0.6) is 0 Å². The van der Waals surface area contributed by atoms with Crippen LogP contribution in [0.2, 0.25) is 0 Å². The first-order valence-electron chi connectivity index (χ1n) is 6.95. The molecule has 0 aromatic carbocycles. The van der Waals surface area contributed by atoms with Crippen LogP contribution in [-0.2, 0) is 9.59 Å². The molecule has 1 saturated heterocycles. The Labute approximate surface area is 131 Å². The molecule has 1 atom stereocenters. The first-order valence-corrected chi connectivity index (χ1v) is 7.94. The molecule has 0 saturated carbocycles. The smallest absolute Gasteiger partial charge is 0.313 e. The Morgan fingerprint density at radius 1 is 1.41 bits per heavy atom. The van der Waals surface area contributed by atoms with Crippen LogP contribution in [0.1, 0.15) is 29.6 Å². The van der Waals surface area contributed by atoms with E-state index in [1.807, 2.05) is 0 Å². The molecular formula is C14H17N3O4S. The monoisotopic (exact) mass is 323 g/mol. The molecule has 1 unspecified atom stereocenters. The van der Waals surface area contributed by atoms with Gasteiger partial charge in [-0.25, -0.2) is 4.98 Å². The number of aromatic nitrogens is 1. The molecule has 1 aromatic heterocycles. The largest absolute Gasteiger partial charge is 0.481 e. The highest BCUT2D eigenvalue weighted by molar-refractivity contribution is 7.99. The van der Waals surface area contributed by atoms with Crippen LogP contribution < -0.4 is 10.6 Å². The molecule has 3 N–H and O–H groups in total. The zero-order chi connectivity index (χ0) is 15.9. The maximum absolute atomic E-state index is 12.1. The minimum atomic E-state index is -0.923. The third-order valence-corrected chi connectivity index (χ3v) is 4.11. The number of carboxylic acid groups (broad SMARTS) is 1. The third-order valence-electron chi connectivity index (χ3n) is 3.18. The second kappa shape index (κ2) is 7.79. The van der Waals surface area contributed by atoms with Crippen LogP contribution in [0.25, 0.3) is 0 Å². The minimum absolute atomic E-state index is 0.0826. The lowest BCUT2D eigenvalue weighted by molar-refractivity contribution is -0.134. The van der Waals surface area contributed by atoms with E-state index < -0.39 is 12.0 Å². The lowest BCUT2D eigenvalue weighted by Crippen LogP contribution is -2.45. The van der Waals surface area contributed by atoms with Crippen molar-refractivity contribution in [2.75, 3.05) is 12.3 Å². The molecule has 22 heavy (non-hydrogen) atoms. The molecule has 2 amide bonds. The summed E-state index contributed by atoms with van der Waals surface area (Å²) in [5.41, 5.74) is 0.344. The number of thioether (sulfide) groups is 1. The van der Waals surface area contributed by atoms with E-state index >= 15 is 0 Å². The Balaban J connectivity index is 1.94. The van der Waals surface area contributed by atoms with Crippen LogP contribution in [0.15, 0.2) is 23.4 Å². The maximum Gasteiger partial charge on any atom is 0.313 e. The quantitative estimate of drug-likeness (QED) is 0.687. The molecule has 0 radical (unpaired) electrons. The molecule has 0 bridgehead atoms. The number of hydrogen-bond acceptors (Lipinski definition) is 5. The molecule has 1 aliphatic heterocycles. The van der Waals surface area contributed by atoms with Gasteiger partial charge in [-0.05, 0) is 31.4 Å². The van der Waals surface area contributed by atoms with Crippen LogP contribution in [-0.4, -0.2) is 46.2 Å². The fourth-order valence-electron chi connectivity index (χ4n) is 2.05. The lowest BCUT2D eigenvalue weighted by Gasteiger charge is -2.15. The average molecular weight is 323 g/mol. The summed E-state index contributed by atoms with van der Waals surface area (Å²) in [5, 5.41) is 14.6. The van der Waals surface area contributed by atoms with Gasteiger partial charge in [-0.15, -0.1) is 0 Å². The molecule has 0 spiro atoms. The predicted molar refractivity (Wildman–Crippen MR) is 80.7 cm³/mol. The highest BCUT2D eigenvalue weighted by Crippen LogP contribution is 2.15. The van der Waals surface area contributed by atoms with Crippen LogP contribution in [0.4, 0.5) is 0 Å². The van der Waals surface area contributed by atoms with Crippen molar-refractivity contribution in [3.63, 3.8) is 0 Å². The van der Waals surface area contributed by atoms with Crippen molar-refractivity contribution in [3.8, 4) is 0 Å². The van der Waals surface area contributed by atoms with Crippen LogP contribution in [0, 0.1) is 0 Å². The fourth-order valence-corrected chi connectivity index (χ4v) is 2.62. The minimum Gasteiger partial charge on any atom is -0.481 e. The molecule has 1 aromatic rings. The molecule has 7 nitrogen and oxygen atoms in total. The van der Waals surface area contributed by atoms with Gasteiger partial charge in [-0.2, -0.15) is 0 Å². The standard InChI is InChI=1S/C14H17N3O4S/c18-12(19)8-22-11-5-4-9(7-16-11)13(20)17-10-3-1-2-6-15-14(10)21/h4-5,7,10H,1-3,6,8H2,(H,15,21)(H,17,20)(H,18,19). The van der Waals surface area contributed by atoms with Gasteiger partial charge in [0.05, 0.1) is 16.3 Å². The van der Waals surface area contributed by atoms with Crippen molar-refractivity contribution in [3.05, 3.63) is 23.9 Å².